The van der Waals surface area contributed by atoms with Crippen LogP contribution in [0.1, 0.15) is 21.8 Å². The molecule has 0 atom stereocenters. The fourth-order valence-electron chi connectivity index (χ4n) is 3.21. The number of morpholine rings is 1. The van der Waals surface area contributed by atoms with Crippen molar-refractivity contribution in [3.05, 3.63) is 69.6 Å². The molecule has 0 N–H and O–H groups in total. The SMILES string of the molecule is Cc1ccc(-c2noc(COC(=O)c3ccc(N4CCOCC4)c([N+](=O)[O-])c3)n2)cc1. The molecule has 2 heterocycles. The monoisotopic (exact) mass is 424 g/mol. The van der Waals surface area contributed by atoms with Crippen molar-refractivity contribution >= 4 is 17.3 Å². The average Bonchev–Trinajstić information content (AvgIpc) is 3.27. The highest BCUT2D eigenvalue weighted by molar-refractivity contribution is 5.91. The second kappa shape index (κ2) is 8.92. The lowest BCUT2D eigenvalue weighted by Gasteiger charge is -2.28. The molecule has 0 unspecified atom stereocenters. The number of hydrogen-bond donors (Lipinski definition) is 0. The molecule has 0 amide bonds. The summed E-state index contributed by atoms with van der Waals surface area (Å²) in [5.41, 5.74) is 2.25. The second-order valence-electron chi connectivity index (χ2n) is 7.01. The number of esters is 1. The summed E-state index contributed by atoms with van der Waals surface area (Å²) in [4.78, 5) is 29.5. The van der Waals surface area contributed by atoms with Crippen LogP contribution in [0.4, 0.5) is 11.4 Å². The van der Waals surface area contributed by atoms with E-state index in [1.54, 1.807) is 6.07 Å². The zero-order valence-electron chi connectivity index (χ0n) is 16.8. The Kier molecular flexibility index (Phi) is 5.89. The van der Waals surface area contributed by atoms with E-state index in [0.717, 1.165) is 11.1 Å². The van der Waals surface area contributed by atoms with Gasteiger partial charge in [0.15, 0.2) is 6.61 Å². The molecule has 4 rings (SSSR count). The summed E-state index contributed by atoms with van der Waals surface area (Å²) < 4.78 is 15.6. The van der Waals surface area contributed by atoms with Crippen LogP contribution in [0.15, 0.2) is 47.0 Å². The Morgan fingerprint density at radius 1 is 1.19 bits per heavy atom. The van der Waals surface area contributed by atoms with Gasteiger partial charge < -0.3 is 18.9 Å². The average molecular weight is 424 g/mol. The summed E-state index contributed by atoms with van der Waals surface area (Å²) in [6.45, 7) is 3.82. The van der Waals surface area contributed by atoms with E-state index in [2.05, 4.69) is 10.1 Å². The van der Waals surface area contributed by atoms with E-state index in [-0.39, 0.29) is 23.7 Å². The summed E-state index contributed by atoms with van der Waals surface area (Å²) in [5.74, 6) is -0.202. The number of carbonyl (C=O) groups is 1. The van der Waals surface area contributed by atoms with Gasteiger partial charge in [0.2, 0.25) is 5.82 Å². The fourth-order valence-corrected chi connectivity index (χ4v) is 3.21. The van der Waals surface area contributed by atoms with Crippen LogP contribution >= 0.6 is 0 Å². The molecule has 0 saturated carbocycles. The second-order valence-corrected chi connectivity index (χ2v) is 7.01. The molecule has 0 radical (unpaired) electrons. The molecular weight excluding hydrogens is 404 g/mol. The largest absolute Gasteiger partial charge is 0.452 e. The molecule has 160 valence electrons. The molecule has 10 heteroatoms. The number of aromatic nitrogens is 2. The number of nitrogens with zero attached hydrogens (tertiary/aromatic N) is 4. The lowest BCUT2D eigenvalue weighted by molar-refractivity contribution is -0.384. The number of benzene rings is 2. The molecule has 10 nitrogen and oxygen atoms in total. The van der Waals surface area contributed by atoms with Crippen LogP contribution in [0.2, 0.25) is 0 Å². The van der Waals surface area contributed by atoms with E-state index in [1.165, 1.54) is 12.1 Å². The van der Waals surface area contributed by atoms with E-state index < -0.39 is 10.9 Å². The number of hydrogen-bond acceptors (Lipinski definition) is 9. The maximum atomic E-state index is 12.4. The number of nitro benzene ring substituents is 1. The first kappa shape index (κ1) is 20.5. The summed E-state index contributed by atoms with van der Waals surface area (Å²) in [6, 6.07) is 11.9. The number of rotatable bonds is 6. The van der Waals surface area contributed by atoms with Gasteiger partial charge in [-0.05, 0) is 19.1 Å². The summed E-state index contributed by atoms with van der Waals surface area (Å²) in [7, 11) is 0. The van der Waals surface area contributed by atoms with Crippen LogP contribution < -0.4 is 4.90 Å². The lowest BCUT2D eigenvalue weighted by atomic mass is 10.1. The van der Waals surface area contributed by atoms with E-state index in [9.17, 15) is 14.9 Å². The van der Waals surface area contributed by atoms with E-state index >= 15 is 0 Å². The highest BCUT2D eigenvalue weighted by Crippen LogP contribution is 2.30. The lowest BCUT2D eigenvalue weighted by Crippen LogP contribution is -2.36. The smallest absolute Gasteiger partial charge is 0.338 e. The molecule has 1 saturated heterocycles. The number of nitro groups is 1. The summed E-state index contributed by atoms with van der Waals surface area (Å²) in [5, 5.41) is 15.4. The van der Waals surface area contributed by atoms with Crippen LogP contribution in [0.3, 0.4) is 0 Å². The van der Waals surface area contributed by atoms with Gasteiger partial charge >= 0.3 is 5.97 Å². The number of carbonyl (C=O) groups excluding carboxylic acids is 1. The number of ether oxygens (including phenoxy) is 2. The van der Waals surface area contributed by atoms with Gasteiger partial charge in [-0.1, -0.05) is 35.0 Å². The van der Waals surface area contributed by atoms with Gasteiger partial charge in [0.25, 0.3) is 11.6 Å². The van der Waals surface area contributed by atoms with Crippen molar-refractivity contribution in [1.29, 1.82) is 0 Å². The molecule has 1 fully saturated rings. The van der Waals surface area contributed by atoms with Crippen LogP contribution in [-0.4, -0.2) is 47.3 Å². The third-order valence-electron chi connectivity index (χ3n) is 4.86. The molecule has 31 heavy (non-hydrogen) atoms. The molecule has 1 aliphatic heterocycles. The van der Waals surface area contributed by atoms with Crippen molar-refractivity contribution in [2.45, 2.75) is 13.5 Å². The van der Waals surface area contributed by atoms with Crippen molar-refractivity contribution in [3.8, 4) is 11.4 Å². The van der Waals surface area contributed by atoms with Crippen molar-refractivity contribution in [2.24, 2.45) is 0 Å². The number of anilines is 1. The van der Waals surface area contributed by atoms with Gasteiger partial charge in [-0.3, -0.25) is 10.1 Å². The topological polar surface area (TPSA) is 121 Å². The molecule has 1 aromatic heterocycles. The Morgan fingerprint density at radius 2 is 1.94 bits per heavy atom. The normalized spacial score (nSPS) is 13.8. The third kappa shape index (κ3) is 4.69. The summed E-state index contributed by atoms with van der Waals surface area (Å²) >= 11 is 0. The molecule has 1 aliphatic rings. The Labute approximate surface area is 177 Å². The quantitative estimate of drug-likeness (QED) is 0.334. The Balaban J connectivity index is 1.44. The van der Waals surface area contributed by atoms with E-state index in [4.69, 9.17) is 14.0 Å². The minimum atomic E-state index is -0.716. The van der Waals surface area contributed by atoms with E-state index in [0.29, 0.717) is 37.8 Å². The molecule has 0 bridgehead atoms. The van der Waals surface area contributed by atoms with Gasteiger partial charge in [-0.15, -0.1) is 0 Å². The first-order valence-corrected chi connectivity index (χ1v) is 9.69. The Hall–Kier alpha value is -3.79. The third-order valence-corrected chi connectivity index (χ3v) is 4.86. The Bertz CT molecular complexity index is 1090. The standard InChI is InChI=1S/C21H20N4O6/c1-14-2-4-15(5-3-14)20-22-19(31-23-20)13-30-21(26)16-6-7-17(18(12-16)25(27)28)24-8-10-29-11-9-24/h2-7,12H,8-11,13H2,1H3. The predicted octanol–water partition coefficient (Wildman–Crippen LogP) is 3.15. The van der Waals surface area contributed by atoms with Gasteiger partial charge in [0.05, 0.1) is 23.7 Å². The maximum absolute atomic E-state index is 12.4. The molecule has 2 aromatic carbocycles. The zero-order chi connectivity index (χ0) is 21.8. The van der Waals surface area contributed by atoms with Crippen molar-refractivity contribution in [3.63, 3.8) is 0 Å². The van der Waals surface area contributed by atoms with Crippen LogP contribution in [0.5, 0.6) is 0 Å². The van der Waals surface area contributed by atoms with Crippen LogP contribution in [0, 0.1) is 17.0 Å². The van der Waals surface area contributed by atoms with E-state index in [1.807, 2.05) is 36.1 Å². The first-order chi connectivity index (χ1) is 15.0. The molecule has 0 aliphatic carbocycles. The zero-order valence-corrected chi connectivity index (χ0v) is 16.8. The number of aryl methyl sites for hydroxylation is 1. The molecular formula is C21H20N4O6. The highest BCUT2D eigenvalue weighted by Gasteiger charge is 2.24. The maximum Gasteiger partial charge on any atom is 0.338 e. The van der Waals surface area contributed by atoms with Crippen LogP contribution in [0.25, 0.3) is 11.4 Å². The van der Waals surface area contributed by atoms with Crippen molar-refractivity contribution < 1.29 is 23.7 Å². The fraction of sp³-hybridized carbons (Fsp3) is 0.286. The Morgan fingerprint density at radius 3 is 2.65 bits per heavy atom. The van der Waals surface area contributed by atoms with Crippen LogP contribution in [-0.2, 0) is 16.1 Å². The van der Waals surface area contributed by atoms with Crippen molar-refractivity contribution in [2.75, 3.05) is 31.2 Å². The molecule has 3 aromatic rings. The van der Waals surface area contributed by atoms with Gasteiger partial charge in [-0.25, -0.2) is 4.79 Å². The van der Waals surface area contributed by atoms with Gasteiger partial charge in [-0.2, -0.15) is 4.98 Å². The van der Waals surface area contributed by atoms with Crippen molar-refractivity contribution in [1.82, 2.24) is 10.1 Å². The van der Waals surface area contributed by atoms with Gasteiger partial charge in [0, 0.05) is 24.7 Å². The summed E-state index contributed by atoms with van der Waals surface area (Å²) in [6.07, 6.45) is 0. The first-order valence-electron chi connectivity index (χ1n) is 9.69. The van der Waals surface area contributed by atoms with Gasteiger partial charge in [0.1, 0.15) is 5.69 Å². The predicted molar refractivity (Wildman–Crippen MR) is 110 cm³/mol. The minimum Gasteiger partial charge on any atom is -0.452 e. The molecule has 0 spiro atoms. The highest BCUT2D eigenvalue weighted by atomic mass is 16.6. The minimum absolute atomic E-state index is 0.0713.